The van der Waals surface area contributed by atoms with E-state index in [1.807, 2.05) is 30.3 Å². The fraction of sp³-hybridized carbons (Fsp3) is 0.529. The monoisotopic (exact) mass is 335 g/mol. The second kappa shape index (κ2) is 10.0. The summed E-state index contributed by atoms with van der Waals surface area (Å²) in [4.78, 5) is 25.5. The Balaban J connectivity index is 1.69. The zero-order chi connectivity index (χ0) is 17.2. The van der Waals surface area contributed by atoms with Gasteiger partial charge in [0.15, 0.2) is 0 Å². The van der Waals surface area contributed by atoms with Crippen molar-refractivity contribution in [3.05, 3.63) is 35.9 Å². The first-order valence-corrected chi connectivity index (χ1v) is 8.22. The van der Waals surface area contributed by atoms with Crippen LogP contribution < -0.4 is 10.6 Å². The molecule has 2 rings (SSSR count). The van der Waals surface area contributed by atoms with Crippen LogP contribution in [0.1, 0.15) is 12.0 Å². The van der Waals surface area contributed by atoms with Crippen molar-refractivity contribution in [1.82, 2.24) is 15.5 Å². The topological polar surface area (TPSA) is 90.9 Å². The number of benzene rings is 1. The molecule has 0 bridgehead atoms. The van der Waals surface area contributed by atoms with Gasteiger partial charge in [0, 0.05) is 32.7 Å². The molecule has 7 heteroatoms. The van der Waals surface area contributed by atoms with Gasteiger partial charge in [-0.2, -0.15) is 0 Å². The van der Waals surface area contributed by atoms with Crippen LogP contribution in [-0.4, -0.2) is 67.3 Å². The van der Waals surface area contributed by atoms with E-state index in [1.54, 1.807) is 0 Å². The fourth-order valence-electron chi connectivity index (χ4n) is 2.52. The number of rotatable bonds is 9. The quantitative estimate of drug-likeness (QED) is 0.592. The van der Waals surface area contributed by atoms with Crippen LogP contribution in [0.2, 0.25) is 0 Å². The number of aliphatic carboxylic acids is 1. The van der Waals surface area contributed by atoms with Crippen molar-refractivity contribution in [2.75, 3.05) is 39.4 Å². The number of ether oxygens (including phenoxy) is 1. The molecule has 0 aliphatic carbocycles. The molecular formula is C17H25N3O4. The van der Waals surface area contributed by atoms with Crippen LogP contribution in [0.5, 0.6) is 0 Å². The summed E-state index contributed by atoms with van der Waals surface area (Å²) in [6.45, 7) is 4.86. The van der Waals surface area contributed by atoms with Gasteiger partial charge in [-0.3, -0.25) is 19.8 Å². The number of hydrogen-bond acceptors (Lipinski definition) is 5. The van der Waals surface area contributed by atoms with Crippen LogP contribution in [0.15, 0.2) is 30.3 Å². The minimum absolute atomic E-state index is 0.0781. The van der Waals surface area contributed by atoms with E-state index in [9.17, 15) is 14.7 Å². The number of carboxylic acid groups (broad SMARTS) is 1. The largest absolute Gasteiger partial charge is 0.480 e. The maximum atomic E-state index is 12.0. The highest BCUT2D eigenvalue weighted by Gasteiger charge is 2.20. The molecule has 0 aromatic heterocycles. The summed E-state index contributed by atoms with van der Waals surface area (Å²) in [5.74, 6) is -1.27. The van der Waals surface area contributed by atoms with E-state index in [1.165, 1.54) is 0 Å². The summed E-state index contributed by atoms with van der Waals surface area (Å²) in [6, 6.07) is 8.62. The van der Waals surface area contributed by atoms with Crippen LogP contribution in [0, 0.1) is 0 Å². The van der Waals surface area contributed by atoms with Gasteiger partial charge in [0.05, 0.1) is 19.6 Å². The molecule has 1 saturated heterocycles. The van der Waals surface area contributed by atoms with Crippen LogP contribution in [0.3, 0.4) is 0 Å². The Kier molecular flexibility index (Phi) is 7.67. The van der Waals surface area contributed by atoms with Gasteiger partial charge in [0.25, 0.3) is 0 Å². The summed E-state index contributed by atoms with van der Waals surface area (Å²) in [7, 11) is 0. The number of nitrogens with one attached hydrogen (secondary N) is 2. The molecule has 0 spiro atoms. The van der Waals surface area contributed by atoms with Gasteiger partial charge in [-0.15, -0.1) is 0 Å². The third-order valence-electron chi connectivity index (χ3n) is 3.94. The molecule has 1 aliphatic heterocycles. The van der Waals surface area contributed by atoms with Crippen molar-refractivity contribution >= 4 is 11.9 Å². The second-order valence-corrected chi connectivity index (χ2v) is 5.77. The third kappa shape index (κ3) is 6.66. The number of carbonyl (C=O) groups is 2. The minimum Gasteiger partial charge on any atom is -0.480 e. The van der Waals surface area contributed by atoms with Crippen LogP contribution in [0.4, 0.5) is 0 Å². The summed E-state index contributed by atoms with van der Waals surface area (Å²) < 4.78 is 5.27. The summed E-state index contributed by atoms with van der Waals surface area (Å²) in [5.41, 5.74) is 0.983. The Hall–Kier alpha value is -1.96. The lowest BCUT2D eigenvalue weighted by Gasteiger charge is -2.26. The lowest BCUT2D eigenvalue weighted by molar-refractivity contribution is -0.141. The normalized spacial score (nSPS) is 16.5. The van der Waals surface area contributed by atoms with Gasteiger partial charge in [-0.25, -0.2) is 0 Å². The van der Waals surface area contributed by atoms with E-state index < -0.39 is 12.0 Å². The van der Waals surface area contributed by atoms with E-state index in [0.717, 1.165) is 38.4 Å². The molecule has 1 aromatic carbocycles. The van der Waals surface area contributed by atoms with Crippen molar-refractivity contribution in [3.8, 4) is 0 Å². The smallest absolute Gasteiger partial charge is 0.321 e. The first-order valence-electron chi connectivity index (χ1n) is 8.22. The van der Waals surface area contributed by atoms with Crippen molar-refractivity contribution in [2.24, 2.45) is 0 Å². The Morgan fingerprint density at radius 1 is 1.21 bits per heavy atom. The molecule has 24 heavy (non-hydrogen) atoms. The molecule has 0 saturated carbocycles. The Morgan fingerprint density at radius 3 is 2.58 bits per heavy atom. The van der Waals surface area contributed by atoms with Crippen LogP contribution in [0.25, 0.3) is 0 Å². The molecule has 0 unspecified atom stereocenters. The highest BCUT2D eigenvalue weighted by atomic mass is 16.5. The number of morpholine rings is 1. The van der Waals surface area contributed by atoms with E-state index in [2.05, 4.69) is 15.5 Å². The lowest BCUT2D eigenvalue weighted by Crippen LogP contribution is -2.44. The predicted molar refractivity (Wildman–Crippen MR) is 89.6 cm³/mol. The second-order valence-electron chi connectivity index (χ2n) is 5.77. The van der Waals surface area contributed by atoms with Gasteiger partial charge >= 0.3 is 5.97 Å². The molecule has 1 fully saturated rings. The Morgan fingerprint density at radius 2 is 1.92 bits per heavy atom. The average Bonchev–Trinajstić information content (AvgIpc) is 2.60. The highest BCUT2D eigenvalue weighted by molar-refractivity contribution is 5.84. The molecule has 132 valence electrons. The fourth-order valence-corrected chi connectivity index (χ4v) is 2.52. The van der Waals surface area contributed by atoms with E-state index in [-0.39, 0.29) is 12.3 Å². The van der Waals surface area contributed by atoms with E-state index in [0.29, 0.717) is 13.1 Å². The molecule has 7 nitrogen and oxygen atoms in total. The zero-order valence-electron chi connectivity index (χ0n) is 13.7. The minimum atomic E-state index is -1.02. The number of nitrogens with zero attached hydrogens (tertiary/aromatic N) is 1. The van der Waals surface area contributed by atoms with Gasteiger partial charge in [0.1, 0.15) is 6.04 Å². The van der Waals surface area contributed by atoms with E-state index in [4.69, 9.17) is 4.74 Å². The van der Waals surface area contributed by atoms with Gasteiger partial charge < -0.3 is 15.2 Å². The summed E-state index contributed by atoms with van der Waals surface area (Å²) >= 11 is 0. The predicted octanol–water partition coefficient (Wildman–Crippen LogP) is 0.0679. The summed E-state index contributed by atoms with van der Waals surface area (Å²) in [5, 5.41) is 15.0. The molecule has 1 aliphatic rings. The molecule has 0 radical (unpaired) electrons. The number of carbonyl (C=O) groups excluding carboxylic acids is 1. The van der Waals surface area contributed by atoms with E-state index >= 15 is 0 Å². The molecule has 1 atom stereocenters. The Bertz CT molecular complexity index is 518. The maximum Gasteiger partial charge on any atom is 0.321 e. The van der Waals surface area contributed by atoms with Crippen molar-refractivity contribution in [1.29, 1.82) is 0 Å². The zero-order valence-corrected chi connectivity index (χ0v) is 13.7. The molecular weight excluding hydrogens is 310 g/mol. The first-order chi connectivity index (χ1) is 11.6. The van der Waals surface area contributed by atoms with Crippen molar-refractivity contribution < 1.29 is 19.4 Å². The number of carboxylic acids is 1. The molecule has 3 N–H and O–H groups in total. The molecule has 1 amide bonds. The first kappa shape index (κ1) is 18.4. The average molecular weight is 335 g/mol. The molecule has 1 heterocycles. The third-order valence-corrected chi connectivity index (χ3v) is 3.94. The van der Waals surface area contributed by atoms with Crippen molar-refractivity contribution in [2.45, 2.75) is 19.0 Å². The maximum absolute atomic E-state index is 12.0. The number of amides is 1. The Labute approximate surface area is 142 Å². The number of hydrogen-bond donors (Lipinski definition) is 3. The van der Waals surface area contributed by atoms with Gasteiger partial charge in [0.2, 0.25) is 5.91 Å². The lowest BCUT2D eigenvalue weighted by atomic mass is 10.1. The van der Waals surface area contributed by atoms with Crippen LogP contribution in [-0.2, 0) is 20.9 Å². The SMILES string of the molecule is O=C(C[C@@H](NCc1ccccc1)C(=O)O)NCCN1CCOCC1. The summed E-state index contributed by atoms with van der Waals surface area (Å²) in [6.07, 6.45) is -0.0781. The van der Waals surface area contributed by atoms with Gasteiger partial charge in [-0.05, 0) is 5.56 Å². The van der Waals surface area contributed by atoms with Crippen LogP contribution >= 0.6 is 0 Å². The van der Waals surface area contributed by atoms with Gasteiger partial charge in [-0.1, -0.05) is 30.3 Å². The van der Waals surface area contributed by atoms with Crippen molar-refractivity contribution in [3.63, 3.8) is 0 Å². The highest BCUT2D eigenvalue weighted by Crippen LogP contribution is 2.01. The molecule has 1 aromatic rings. The standard InChI is InChI=1S/C17H25N3O4/c21-16(18-6-7-20-8-10-24-11-9-20)12-15(17(22)23)19-13-14-4-2-1-3-5-14/h1-5,15,19H,6-13H2,(H,18,21)(H,22,23)/t15-/m1/s1.